The third-order valence-corrected chi connectivity index (χ3v) is 23.2. The van der Waals surface area contributed by atoms with Gasteiger partial charge in [0.05, 0.1) is 74.5 Å². The Hall–Kier alpha value is -12.4. The molecule has 0 radical (unpaired) electrons. The van der Waals surface area contributed by atoms with E-state index in [4.69, 9.17) is 63.5 Å². The Morgan fingerprint density at radius 1 is 0.313 bits per heavy atom. The van der Waals surface area contributed by atoms with Crippen molar-refractivity contribution in [2.75, 3.05) is 39.6 Å². The number of ether oxygens (including phenoxy) is 6. The molecule has 668 valence electrons. The fraction of sp³-hybridized carbons (Fsp3) is 0.222. The number of aromatic nitrogens is 6. The van der Waals surface area contributed by atoms with E-state index in [1.807, 2.05) is 109 Å². The van der Waals surface area contributed by atoms with E-state index in [-0.39, 0.29) is 36.4 Å². The van der Waals surface area contributed by atoms with E-state index in [0.29, 0.717) is 76.0 Å². The number of nitriles is 3. The lowest BCUT2D eigenvalue weighted by Crippen LogP contribution is -2.36. The molecule has 0 N–H and O–H groups in total. The van der Waals surface area contributed by atoms with Gasteiger partial charge in [0.15, 0.2) is 18.1 Å². The van der Waals surface area contributed by atoms with Crippen molar-refractivity contribution in [3.63, 3.8) is 0 Å². The second kappa shape index (κ2) is 51.2. The second-order valence-electron chi connectivity index (χ2n) is 31.2. The van der Waals surface area contributed by atoms with Crippen LogP contribution >= 0.6 is 55.6 Å². The molecule has 6 unspecified atom stereocenters. The molecule has 0 spiro atoms. The van der Waals surface area contributed by atoms with Gasteiger partial charge in [-0.1, -0.05) is 269 Å². The Balaban J connectivity index is 0.000000173. The monoisotopic (exact) mass is 1960 g/mol. The van der Waals surface area contributed by atoms with Crippen molar-refractivity contribution in [2.45, 2.75) is 115 Å². The molecule has 0 saturated carbocycles. The minimum atomic E-state index is -5.39. The molecule has 3 aromatic heterocycles. The smallest absolute Gasteiger partial charge is 0.244 e. The van der Waals surface area contributed by atoms with Gasteiger partial charge >= 0.3 is 0 Å². The predicted octanol–water partition coefficient (Wildman–Crippen LogP) is 20.7. The summed E-state index contributed by atoms with van der Waals surface area (Å²) in [6, 6.07) is 112. The first-order valence-corrected chi connectivity index (χ1v) is 47.6. The highest BCUT2D eigenvalue weighted by Crippen LogP contribution is 2.34. The van der Waals surface area contributed by atoms with E-state index in [2.05, 4.69) is 371 Å². The van der Waals surface area contributed by atoms with Gasteiger partial charge in [0.2, 0.25) is 19.0 Å². The largest absolute Gasteiger partial charge is 0.822 e. The highest BCUT2D eigenvalue weighted by atomic mass is 79.9. The molecule has 0 aliphatic carbocycles. The molecule has 12 aromatic carbocycles. The summed E-state index contributed by atoms with van der Waals surface area (Å²) in [5, 5.41) is 27.3. The lowest BCUT2D eigenvalue weighted by molar-refractivity contribution is -0.704. The van der Waals surface area contributed by atoms with Crippen molar-refractivity contribution in [1.82, 2.24) is 13.7 Å². The molecule has 131 heavy (non-hydrogen) atoms. The van der Waals surface area contributed by atoms with Crippen LogP contribution in [0.1, 0.15) is 160 Å². The quantitative estimate of drug-likeness (QED) is 0.0258. The highest BCUT2D eigenvalue weighted by Gasteiger charge is 2.28. The van der Waals surface area contributed by atoms with Gasteiger partial charge in [-0.15, -0.1) is 0 Å². The zero-order valence-corrected chi connectivity index (χ0v) is 79.1. The molecule has 15 aromatic rings. The summed E-state index contributed by atoms with van der Waals surface area (Å²) in [4.78, 5) is 25.6. The van der Waals surface area contributed by atoms with E-state index < -0.39 is 7.82 Å². The normalized spacial score (nSPS) is 12.4. The van der Waals surface area contributed by atoms with E-state index in [0.717, 1.165) is 103 Å². The molecule has 0 fully saturated rings. The van der Waals surface area contributed by atoms with E-state index >= 15 is 0 Å². The minimum Gasteiger partial charge on any atom is -0.822 e. The van der Waals surface area contributed by atoms with Gasteiger partial charge in [-0.25, -0.2) is 27.4 Å². The molecule has 19 nitrogen and oxygen atoms in total. The van der Waals surface area contributed by atoms with Crippen molar-refractivity contribution in [3.8, 4) is 35.5 Å². The summed E-state index contributed by atoms with van der Waals surface area (Å²) in [6.45, 7) is 12.1. The maximum Gasteiger partial charge on any atom is 0.244 e. The first-order chi connectivity index (χ1) is 63.9. The summed E-state index contributed by atoms with van der Waals surface area (Å²) >= 11 is 10.7. The number of phosphoric acid groups is 1. The number of imidazole rings is 3. The lowest BCUT2D eigenvalue weighted by atomic mass is 9.99. The van der Waals surface area contributed by atoms with Gasteiger partial charge in [0.1, 0.15) is 92.4 Å². The van der Waals surface area contributed by atoms with Crippen LogP contribution in [0.25, 0.3) is 0 Å². The molecule has 0 aliphatic heterocycles. The van der Waals surface area contributed by atoms with Crippen molar-refractivity contribution in [1.29, 1.82) is 15.8 Å². The van der Waals surface area contributed by atoms with E-state index in [1.54, 1.807) is 0 Å². The second-order valence-corrected chi connectivity index (χ2v) is 34.9. The van der Waals surface area contributed by atoms with Crippen LogP contribution in [0.2, 0.25) is 0 Å². The molecule has 15 rings (SSSR count). The lowest BCUT2D eigenvalue weighted by Gasteiger charge is -2.36. The summed E-state index contributed by atoms with van der Waals surface area (Å²) in [5.74, 6) is 2.61. The average Bonchev–Trinajstić information content (AvgIpc) is 1.76. The first-order valence-electron chi connectivity index (χ1n) is 43.7. The summed E-state index contributed by atoms with van der Waals surface area (Å²) < 4.78 is 62.1. The van der Waals surface area contributed by atoms with Gasteiger partial charge in [-0.05, 0) is 181 Å². The Morgan fingerprint density at radius 2 is 0.534 bits per heavy atom. The van der Waals surface area contributed by atoms with Crippen LogP contribution in [-0.2, 0) is 57.7 Å². The number of hydrogen-bond acceptors (Lipinski definition) is 13. The van der Waals surface area contributed by atoms with E-state index in [1.165, 1.54) is 33.4 Å². The molecule has 0 saturated heterocycles. The first kappa shape index (κ1) is 97.6. The van der Waals surface area contributed by atoms with Gasteiger partial charge in [-0.2, -0.15) is 23.6 Å². The van der Waals surface area contributed by atoms with Crippen LogP contribution < -0.4 is 42.6 Å². The van der Waals surface area contributed by atoms with Crippen molar-refractivity contribution in [3.05, 3.63) is 462 Å². The number of halogens is 3. The van der Waals surface area contributed by atoms with Crippen LogP contribution in [0.4, 0.5) is 0 Å². The van der Waals surface area contributed by atoms with Gasteiger partial charge in [-0.3, -0.25) is 0 Å². The van der Waals surface area contributed by atoms with Gasteiger partial charge in [0, 0.05) is 46.8 Å². The van der Waals surface area contributed by atoms with Gasteiger partial charge in [0.25, 0.3) is 0 Å². The third kappa shape index (κ3) is 31.1. The van der Waals surface area contributed by atoms with Crippen LogP contribution in [0.15, 0.2) is 379 Å². The number of nitrogens with zero attached hydrogens (tertiary/aromatic N) is 9. The molecule has 6 atom stereocenters. The standard InChI is InChI=1S/3C36H35BrN3O2.H3O4P/c3*1-2-23-41-34-18-14-30(15-19-34)35(42-24-20-28-8-10-29(25-38)11-9-28)26-39-21-22-40(27-39)36(31-6-4-3-5-7-31)32-12-16-33(37)17-13-32;1-5(2,3)4/h3*3-19,21-22,27,35-36H,2,20,23-24,26H2,1H3;(H3,1,2,3,4)/q3*+1;/p-3. The zero-order valence-electron chi connectivity index (χ0n) is 73.4. The molecule has 23 heteroatoms. The van der Waals surface area contributed by atoms with Crippen LogP contribution in [0.5, 0.6) is 17.2 Å². The summed E-state index contributed by atoms with van der Waals surface area (Å²) in [7, 11) is -5.39. The highest BCUT2D eigenvalue weighted by molar-refractivity contribution is 9.11. The molecule has 0 amide bonds. The summed E-state index contributed by atoms with van der Waals surface area (Å²) in [6.07, 6.45) is 24.0. The molecular weight excluding hydrogens is 1850 g/mol. The molecule has 0 aliphatic rings. The molecule has 3 heterocycles. The topological polar surface area (TPSA) is 239 Å². The average molecular weight is 1960 g/mol. The van der Waals surface area contributed by atoms with Crippen LogP contribution in [-0.4, -0.2) is 53.3 Å². The minimum absolute atomic E-state index is 0.0475. The van der Waals surface area contributed by atoms with Crippen LogP contribution in [0.3, 0.4) is 0 Å². The zero-order chi connectivity index (χ0) is 91.9. The van der Waals surface area contributed by atoms with Crippen LogP contribution in [0, 0.1) is 34.0 Å². The Kier molecular flexibility index (Phi) is 38.2. The molecule has 0 bridgehead atoms. The fourth-order valence-electron chi connectivity index (χ4n) is 15.0. The maximum atomic E-state index is 9.10. The fourth-order valence-corrected chi connectivity index (χ4v) is 15.8. The van der Waals surface area contributed by atoms with Crippen molar-refractivity contribution < 1.29 is 61.4 Å². The van der Waals surface area contributed by atoms with E-state index in [9.17, 15) is 0 Å². The van der Waals surface area contributed by atoms with Gasteiger partial charge < -0.3 is 47.7 Å². The Bertz CT molecular complexity index is 5510. The number of hydrogen-bond donors (Lipinski definition) is 0. The summed E-state index contributed by atoms with van der Waals surface area (Å²) in [5.41, 5.74) is 16.1. The third-order valence-electron chi connectivity index (χ3n) is 21.6. The van der Waals surface area contributed by atoms with Crippen molar-refractivity contribution >= 4 is 55.6 Å². The Morgan fingerprint density at radius 3 is 0.756 bits per heavy atom. The number of rotatable bonds is 39. The predicted molar refractivity (Wildman–Crippen MR) is 512 cm³/mol. The molecular formula is C108H105Br3N9O10P. The number of benzene rings is 12. The SMILES string of the molecule is CCCOc1ccc(C(C[n+]2ccn(C(c3ccccc3)c3ccc(Br)cc3)c2)OCCc2ccc(C#N)cc2)cc1.CCCOc1ccc(C(C[n+]2ccn(C(c3ccccc3)c3ccc(Br)cc3)c2)OCCc2ccc(C#N)cc2)cc1.CCCOc1ccc(C(C[n+]2ccn(C(c3ccccc3)c3ccc(Br)cc3)c2)OCCc2ccc(C#N)cc2)cc1.O=P([O-])([O-])[O-]. The maximum absolute atomic E-state index is 9.10. The van der Waals surface area contributed by atoms with Crippen molar-refractivity contribution in [2.24, 2.45) is 0 Å². The Labute approximate surface area is 793 Å².